The molecule has 0 aromatic heterocycles. The fourth-order valence-electron chi connectivity index (χ4n) is 5.69. The number of benzene rings is 3. The minimum Gasteiger partial charge on any atom is -0.0917 e. The summed E-state index contributed by atoms with van der Waals surface area (Å²) in [5.74, 6) is 2.52. The Labute approximate surface area is 208 Å². The van der Waals surface area contributed by atoms with Gasteiger partial charge in [-0.25, -0.2) is 0 Å². The van der Waals surface area contributed by atoms with Crippen LogP contribution in [-0.4, -0.2) is 0 Å². The second kappa shape index (κ2) is 12.7. The molecule has 0 spiro atoms. The van der Waals surface area contributed by atoms with E-state index in [4.69, 9.17) is 0 Å². The molecule has 1 fully saturated rings. The van der Waals surface area contributed by atoms with Gasteiger partial charge in [-0.1, -0.05) is 124 Å². The van der Waals surface area contributed by atoms with Gasteiger partial charge in [0.05, 0.1) is 0 Å². The molecule has 0 heterocycles. The van der Waals surface area contributed by atoms with Crippen LogP contribution in [0.15, 0.2) is 91.0 Å². The fraction of sp³-hybridized carbons (Fsp3) is 0.412. The van der Waals surface area contributed by atoms with Crippen LogP contribution >= 0.6 is 0 Å². The molecule has 0 aliphatic heterocycles. The summed E-state index contributed by atoms with van der Waals surface area (Å²) in [7, 11) is 0. The Balaban J connectivity index is 1.20. The van der Waals surface area contributed by atoms with E-state index in [0.29, 0.717) is 5.92 Å². The van der Waals surface area contributed by atoms with E-state index in [1.807, 2.05) is 0 Å². The zero-order valence-electron chi connectivity index (χ0n) is 21.3. The summed E-state index contributed by atoms with van der Waals surface area (Å²) in [5.41, 5.74) is 7.07. The summed E-state index contributed by atoms with van der Waals surface area (Å²) < 4.78 is 0. The molecule has 0 nitrogen and oxygen atoms in total. The summed E-state index contributed by atoms with van der Waals surface area (Å²) in [6, 6.07) is 29.5. The van der Waals surface area contributed by atoms with E-state index in [0.717, 1.165) is 24.7 Å². The Kier molecular flexibility index (Phi) is 9.19. The van der Waals surface area contributed by atoms with E-state index in [1.54, 1.807) is 0 Å². The topological polar surface area (TPSA) is 0 Å². The molecule has 1 saturated carbocycles. The van der Waals surface area contributed by atoms with Crippen LogP contribution in [0.4, 0.5) is 0 Å². The molecule has 0 radical (unpaired) electrons. The highest BCUT2D eigenvalue weighted by atomic mass is 14.3. The maximum atomic E-state index is 2.41. The predicted molar refractivity (Wildman–Crippen MR) is 148 cm³/mol. The average Bonchev–Trinajstić information content (AvgIpc) is 2.90. The van der Waals surface area contributed by atoms with Crippen molar-refractivity contribution in [2.24, 2.45) is 11.8 Å². The lowest BCUT2D eigenvalue weighted by molar-refractivity contribution is 0.245. The van der Waals surface area contributed by atoms with Crippen LogP contribution in [0, 0.1) is 11.8 Å². The molecule has 178 valence electrons. The summed E-state index contributed by atoms with van der Waals surface area (Å²) in [4.78, 5) is 0. The Morgan fingerprint density at radius 1 is 0.706 bits per heavy atom. The van der Waals surface area contributed by atoms with E-state index in [1.165, 1.54) is 72.8 Å². The molecule has 3 aromatic carbocycles. The Hall–Kier alpha value is -2.60. The summed E-state index contributed by atoms with van der Waals surface area (Å²) in [6.07, 6.45) is 16.2. The maximum absolute atomic E-state index is 2.41. The van der Waals surface area contributed by atoms with Gasteiger partial charge in [0, 0.05) is 0 Å². The van der Waals surface area contributed by atoms with Crippen molar-refractivity contribution in [3.05, 3.63) is 108 Å². The molecule has 1 aliphatic rings. The van der Waals surface area contributed by atoms with Crippen molar-refractivity contribution < 1.29 is 0 Å². The second-order valence-electron chi connectivity index (χ2n) is 10.5. The van der Waals surface area contributed by atoms with Gasteiger partial charge in [-0.3, -0.25) is 0 Å². The first-order valence-corrected chi connectivity index (χ1v) is 13.6. The monoisotopic (exact) mass is 450 g/mol. The molecular formula is C34H42. The van der Waals surface area contributed by atoms with Crippen molar-refractivity contribution in [3.8, 4) is 11.1 Å². The van der Waals surface area contributed by atoms with Gasteiger partial charge in [0.15, 0.2) is 0 Å². The predicted octanol–water partition coefficient (Wildman–Crippen LogP) is 9.80. The van der Waals surface area contributed by atoms with Crippen LogP contribution in [0.3, 0.4) is 0 Å². The third kappa shape index (κ3) is 7.20. The van der Waals surface area contributed by atoms with Gasteiger partial charge in [-0.05, 0) is 84.6 Å². The molecule has 4 rings (SSSR count). The molecule has 1 aliphatic carbocycles. The molecule has 34 heavy (non-hydrogen) atoms. The highest BCUT2D eigenvalue weighted by Gasteiger charge is 2.23. The Bertz CT molecular complexity index is 986. The Morgan fingerprint density at radius 3 is 1.85 bits per heavy atom. The van der Waals surface area contributed by atoms with Gasteiger partial charge in [0.25, 0.3) is 0 Å². The summed E-state index contributed by atoms with van der Waals surface area (Å²) >= 11 is 0. The van der Waals surface area contributed by atoms with E-state index in [2.05, 4.69) is 105 Å². The molecular weight excluding hydrogens is 408 g/mol. The minimum atomic E-state index is 0.690. The first-order chi connectivity index (χ1) is 16.7. The lowest BCUT2D eigenvalue weighted by Crippen LogP contribution is -2.16. The largest absolute Gasteiger partial charge is 0.0917 e. The van der Waals surface area contributed by atoms with Crippen molar-refractivity contribution in [2.45, 2.75) is 77.6 Å². The number of aryl methyl sites for hydroxylation is 2. The first kappa shape index (κ1) is 24.5. The molecule has 0 amide bonds. The van der Waals surface area contributed by atoms with Crippen LogP contribution in [0.25, 0.3) is 11.1 Å². The molecule has 0 saturated heterocycles. The molecule has 0 bridgehead atoms. The third-order valence-electron chi connectivity index (χ3n) is 7.94. The van der Waals surface area contributed by atoms with E-state index in [9.17, 15) is 0 Å². The fourth-order valence-corrected chi connectivity index (χ4v) is 5.69. The lowest BCUT2D eigenvalue weighted by atomic mass is 9.75. The van der Waals surface area contributed by atoms with Crippen molar-refractivity contribution in [3.63, 3.8) is 0 Å². The molecule has 1 atom stereocenters. The van der Waals surface area contributed by atoms with Crippen LogP contribution in [0.1, 0.15) is 81.4 Å². The van der Waals surface area contributed by atoms with E-state index < -0.39 is 0 Å². The van der Waals surface area contributed by atoms with Gasteiger partial charge in [-0.2, -0.15) is 0 Å². The first-order valence-electron chi connectivity index (χ1n) is 13.6. The standard InChI is InChI=1S/C34H42/c1-3-4-6-9-28-18-22-33(23-19-28)34-24-20-30(21-25-34)13-12-29-14-16-31(17-15-29)26-27(2)32-10-7-5-8-11-32/h3-5,7-8,10-11,18-25,27,29,31H,6,9,12-17,26H2,1-2H3/b4-3+. The zero-order valence-corrected chi connectivity index (χ0v) is 21.3. The number of hydrogen-bond acceptors (Lipinski definition) is 0. The highest BCUT2D eigenvalue weighted by molar-refractivity contribution is 5.64. The van der Waals surface area contributed by atoms with Gasteiger partial charge >= 0.3 is 0 Å². The van der Waals surface area contributed by atoms with Crippen LogP contribution in [0.5, 0.6) is 0 Å². The lowest BCUT2D eigenvalue weighted by Gasteiger charge is -2.30. The SMILES string of the molecule is C/C=C/CCc1ccc(-c2ccc(CCC3CCC(CC(C)c4ccccc4)CC3)cc2)cc1. The van der Waals surface area contributed by atoms with Crippen LogP contribution in [-0.2, 0) is 12.8 Å². The van der Waals surface area contributed by atoms with E-state index >= 15 is 0 Å². The summed E-state index contributed by atoms with van der Waals surface area (Å²) in [6.45, 7) is 4.50. The van der Waals surface area contributed by atoms with Crippen molar-refractivity contribution in [1.29, 1.82) is 0 Å². The van der Waals surface area contributed by atoms with Gasteiger partial charge in [0.2, 0.25) is 0 Å². The molecule has 1 unspecified atom stereocenters. The van der Waals surface area contributed by atoms with Crippen molar-refractivity contribution in [2.75, 3.05) is 0 Å². The quantitative estimate of drug-likeness (QED) is 0.270. The van der Waals surface area contributed by atoms with Crippen molar-refractivity contribution in [1.82, 2.24) is 0 Å². The molecule has 3 aromatic rings. The summed E-state index contributed by atoms with van der Waals surface area (Å²) in [5, 5.41) is 0. The zero-order chi connectivity index (χ0) is 23.6. The number of rotatable bonds is 10. The Morgan fingerprint density at radius 2 is 1.26 bits per heavy atom. The van der Waals surface area contributed by atoms with Crippen LogP contribution < -0.4 is 0 Å². The van der Waals surface area contributed by atoms with Gasteiger partial charge in [-0.15, -0.1) is 0 Å². The average molecular weight is 451 g/mol. The minimum absolute atomic E-state index is 0.690. The normalized spacial score (nSPS) is 19.4. The molecule has 0 N–H and O–H groups in total. The number of hydrogen-bond donors (Lipinski definition) is 0. The van der Waals surface area contributed by atoms with Crippen molar-refractivity contribution >= 4 is 0 Å². The second-order valence-corrected chi connectivity index (χ2v) is 10.5. The van der Waals surface area contributed by atoms with Gasteiger partial charge in [0.1, 0.15) is 0 Å². The smallest absolute Gasteiger partial charge is 0.0184 e. The number of allylic oxidation sites excluding steroid dienone is 2. The van der Waals surface area contributed by atoms with E-state index in [-0.39, 0.29) is 0 Å². The molecule has 0 heteroatoms. The maximum Gasteiger partial charge on any atom is -0.0184 e. The van der Waals surface area contributed by atoms with Gasteiger partial charge < -0.3 is 0 Å². The third-order valence-corrected chi connectivity index (χ3v) is 7.94. The van der Waals surface area contributed by atoms with Crippen LogP contribution in [0.2, 0.25) is 0 Å². The highest BCUT2D eigenvalue weighted by Crippen LogP contribution is 2.37.